The molecule has 0 heterocycles. The van der Waals surface area contributed by atoms with Crippen molar-refractivity contribution in [2.24, 2.45) is 0 Å². The number of hydrogen-bond acceptors (Lipinski definition) is 2. The second kappa shape index (κ2) is 6.02. The van der Waals surface area contributed by atoms with Crippen LogP contribution in [0.15, 0.2) is 48.5 Å². The van der Waals surface area contributed by atoms with Crippen molar-refractivity contribution in [1.29, 1.82) is 0 Å². The summed E-state index contributed by atoms with van der Waals surface area (Å²) in [5, 5.41) is 11.6. The van der Waals surface area contributed by atoms with Gasteiger partial charge in [0.05, 0.1) is 5.56 Å². The van der Waals surface area contributed by atoms with Gasteiger partial charge >= 0.3 is 5.97 Å². The van der Waals surface area contributed by atoms with Gasteiger partial charge < -0.3 is 10.4 Å². The van der Waals surface area contributed by atoms with Crippen molar-refractivity contribution in [3.05, 3.63) is 59.7 Å². The van der Waals surface area contributed by atoms with E-state index in [9.17, 15) is 9.59 Å². The average Bonchev–Trinajstić information content (AvgIpc) is 2.45. The normalized spacial score (nSPS) is 10.1. The molecule has 0 aliphatic rings. The summed E-state index contributed by atoms with van der Waals surface area (Å²) in [5.74, 6) is -1.00. The maximum Gasteiger partial charge on any atom is 0.335 e. The van der Waals surface area contributed by atoms with E-state index in [1.807, 2.05) is 24.3 Å². The van der Waals surface area contributed by atoms with Gasteiger partial charge in [0.25, 0.3) is 0 Å². The van der Waals surface area contributed by atoms with Crippen molar-refractivity contribution in [3.8, 4) is 11.1 Å². The predicted octanol–water partition coefficient (Wildman–Crippen LogP) is 2.69. The van der Waals surface area contributed by atoms with Gasteiger partial charge in [-0.05, 0) is 34.9 Å². The Morgan fingerprint density at radius 2 is 1.75 bits per heavy atom. The second-order valence-corrected chi connectivity index (χ2v) is 4.49. The van der Waals surface area contributed by atoms with E-state index >= 15 is 0 Å². The van der Waals surface area contributed by atoms with Crippen molar-refractivity contribution in [3.63, 3.8) is 0 Å². The molecule has 1 amide bonds. The SMILES string of the molecule is CC(=O)NCc1cccc(-c2ccc(C(=O)O)cc2)c1. The van der Waals surface area contributed by atoms with Gasteiger partial charge in [-0.2, -0.15) is 0 Å². The number of rotatable bonds is 4. The molecule has 2 rings (SSSR count). The predicted molar refractivity (Wildman–Crippen MR) is 76.4 cm³/mol. The van der Waals surface area contributed by atoms with E-state index in [0.717, 1.165) is 16.7 Å². The van der Waals surface area contributed by atoms with E-state index in [0.29, 0.717) is 6.54 Å². The molecule has 0 aliphatic heterocycles. The molecule has 0 atom stereocenters. The first-order valence-electron chi connectivity index (χ1n) is 6.23. The Morgan fingerprint density at radius 3 is 2.35 bits per heavy atom. The fourth-order valence-corrected chi connectivity index (χ4v) is 1.89. The first-order chi connectivity index (χ1) is 9.56. The summed E-state index contributed by atoms with van der Waals surface area (Å²) >= 11 is 0. The molecule has 2 N–H and O–H groups in total. The second-order valence-electron chi connectivity index (χ2n) is 4.49. The number of carbonyl (C=O) groups excluding carboxylic acids is 1. The molecular formula is C16H15NO3. The minimum Gasteiger partial charge on any atom is -0.478 e. The maximum atomic E-state index is 10.9. The standard InChI is InChI=1S/C16H15NO3/c1-11(18)17-10-12-3-2-4-15(9-12)13-5-7-14(8-6-13)16(19)20/h2-9H,10H2,1H3,(H,17,18)(H,19,20). The van der Waals surface area contributed by atoms with Crippen molar-refractivity contribution in [2.75, 3.05) is 0 Å². The van der Waals surface area contributed by atoms with Gasteiger partial charge in [-0.15, -0.1) is 0 Å². The van der Waals surface area contributed by atoms with Crippen LogP contribution >= 0.6 is 0 Å². The van der Waals surface area contributed by atoms with E-state index in [2.05, 4.69) is 5.32 Å². The zero-order valence-electron chi connectivity index (χ0n) is 11.1. The number of carboxylic acid groups (broad SMARTS) is 1. The highest BCUT2D eigenvalue weighted by atomic mass is 16.4. The molecule has 0 aliphatic carbocycles. The van der Waals surface area contributed by atoms with Crippen LogP contribution < -0.4 is 5.32 Å². The third-order valence-electron chi connectivity index (χ3n) is 2.93. The van der Waals surface area contributed by atoms with Crippen LogP contribution in [0.25, 0.3) is 11.1 Å². The third-order valence-corrected chi connectivity index (χ3v) is 2.93. The molecule has 0 spiro atoms. The van der Waals surface area contributed by atoms with Crippen molar-refractivity contribution in [2.45, 2.75) is 13.5 Å². The highest BCUT2D eigenvalue weighted by Crippen LogP contribution is 2.21. The molecule has 0 saturated carbocycles. The van der Waals surface area contributed by atoms with Crippen molar-refractivity contribution < 1.29 is 14.7 Å². The lowest BCUT2D eigenvalue weighted by atomic mass is 10.0. The van der Waals surface area contributed by atoms with Gasteiger partial charge in [0.2, 0.25) is 5.91 Å². The van der Waals surface area contributed by atoms with Gasteiger partial charge in [-0.25, -0.2) is 4.79 Å². The summed E-state index contributed by atoms with van der Waals surface area (Å²) in [4.78, 5) is 21.7. The lowest BCUT2D eigenvalue weighted by molar-refractivity contribution is -0.119. The van der Waals surface area contributed by atoms with Crippen LogP contribution in [0.5, 0.6) is 0 Å². The zero-order valence-corrected chi connectivity index (χ0v) is 11.1. The Labute approximate surface area is 117 Å². The van der Waals surface area contributed by atoms with E-state index in [1.165, 1.54) is 6.92 Å². The number of benzene rings is 2. The van der Waals surface area contributed by atoms with E-state index in [4.69, 9.17) is 5.11 Å². The van der Waals surface area contributed by atoms with Crippen molar-refractivity contribution in [1.82, 2.24) is 5.32 Å². The largest absolute Gasteiger partial charge is 0.478 e. The van der Waals surface area contributed by atoms with Gasteiger partial charge in [-0.3, -0.25) is 4.79 Å². The smallest absolute Gasteiger partial charge is 0.335 e. The van der Waals surface area contributed by atoms with Crippen LogP contribution in [0.3, 0.4) is 0 Å². The molecule has 0 unspecified atom stereocenters. The molecule has 0 saturated heterocycles. The van der Waals surface area contributed by atoms with Gasteiger partial charge in [0.1, 0.15) is 0 Å². The minimum atomic E-state index is -0.934. The Hall–Kier alpha value is -2.62. The number of nitrogens with one attached hydrogen (secondary N) is 1. The molecule has 0 fully saturated rings. The number of aromatic carboxylic acids is 1. The van der Waals surface area contributed by atoms with Gasteiger partial charge in [-0.1, -0.05) is 30.3 Å². The topological polar surface area (TPSA) is 66.4 Å². The van der Waals surface area contributed by atoms with E-state index in [-0.39, 0.29) is 11.5 Å². The van der Waals surface area contributed by atoms with Crippen LogP contribution in [0.1, 0.15) is 22.8 Å². The molecular weight excluding hydrogens is 254 g/mol. The molecule has 102 valence electrons. The van der Waals surface area contributed by atoms with Crippen LogP contribution in [0.4, 0.5) is 0 Å². The van der Waals surface area contributed by atoms with Crippen molar-refractivity contribution >= 4 is 11.9 Å². The quantitative estimate of drug-likeness (QED) is 0.896. The molecule has 20 heavy (non-hydrogen) atoms. The summed E-state index contributed by atoms with van der Waals surface area (Å²) < 4.78 is 0. The highest BCUT2D eigenvalue weighted by molar-refractivity contribution is 5.88. The summed E-state index contributed by atoms with van der Waals surface area (Å²) in [7, 11) is 0. The van der Waals surface area contributed by atoms with Gasteiger partial charge in [0, 0.05) is 13.5 Å². The zero-order chi connectivity index (χ0) is 14.5. The highest BCUT2D eigenvalue weighted by Gasteiger charge is 2.04. The first-order valence-corrected chi connectivity index (χ1v) is 6.23. The molecule has 4 heteroatoms. The van der Waals surface area contributed by atoms with Gasteiger partial charge in [0.15, 0.2) is 0 Å². The number of hydrogen-bond donors (Lipinski definition) is 2. The fourth-order valence-electron chi connectivity index (χ4n) is 1.89. The molecule has 0 bridgehead atoms. The third kappa shape index (κ3) is 3.45. The number of amides is 1. The molecule has 2 aromatic rings. The summed E-state index contributed by atoms with van der Waals surface area (Å²) in [6.07, 6.45) is 0. The maximum absolute atomic E-state index is 10.9. The fraction of sp³-hybridized carbons (Fsp3) is 0.125. The Bertz CT molecular complexity index is 632. The number of carboxylic acids is 1. The lowest BCUT2D eigenvalue weighted by Crippen LogP contribution is -2.18. The molecule has 0 radical (unpaired) electrons. The number of carbonyl (C=O) groups is 2. The van der Waals surface area contributed by atoms with Crippen LogP contribution in [-0.4, -0.2) is 17.0 Å². The van der Waals surface area contributed by atoms with E-state index < -0.39 is 5.97 Å². The molecule has 4 nitrogen and oxygen atoms in total. The monoisotopic (exact) mass is 269 g/mol. The molecule has 0 aromatic heterocycles. The Kier molecular flexibility index (Phi) is 4.15. The Balaban J connectivity index is 2.21. The Morgan fingerprint density at radius 1 is 1.05 bits per heavy atom. The average molecular weight is 269 g/mol. The minimum absolute atomic E-state index is 0.0683. The van der Waals surface area contributed by atoms with E-state index in [1.54, 1.807) is 24.3 Å². The molecule has 2 aromatic carbocycles. The van der Waals surface area contributed by atoms with Crippen LogP contribution in [0, 0.1) is 0 Å². The van der Waals surface area contributed by atoms with Crippen LogP contribution in [0.2, 0.25) is 0 Å². The first kappa shape index (κ1) is 13.8. The van der Waals surface area contributed by atoms with Crippen LogP contribution in [-0.2, 0) is 11.3 Å². The summed E-state index contributed by atoms with van der Waals surface area (Å²) in [6.45, 7) is 1.96. The summed E-state index contributed by atoms with van der Waals surface area (Å²) in [5.41, 5.74) is 3.20. The summed E-state index contributed by atoms with van der Waals surface area (Å²) in [6, 6.07) is 14.5. The lowest BCUT2D eigenvalue weighted by Gasteiger charge is -2.06.